The number of aromatic hydroxyl groups is 4. The van der Waals surface area contributed by atoms with Gasteiger partial charge in [0.2, 0.25) is 12.0 Å². The Kier molecular flexibility index (Phi) is 8.87. The Bertz CT molecular complexity index is 1560. The standard InChI is InChI=1S/C27H30O17/c28-6-15-19(33)22(36)24(38)26(43-15)40-7-16-20(34)23(37)25(39)27(44-16)42-14-5-13-17(21(35)18(14)32)11(31)4-12(41-13)8-1-2-9(29)10(30)3-8/h1-5,15-16,19-20,22-30,32-39H,6-7H2/t15-,16-,19-,20-,22-,23-,24+,25-,26+,27-/m0/s1. The van der Waals surface area contributed by atoms with E-state index in [-0.39, 0.29) is 16.9 Å². The molecule has 0 unspecified atom stereocenters. The first-order valence-corrected chi connectivity index (χ1v) is 13.2. The maximum absolute atomic E-state index is 12.8. The second-order valence-corrected chi connectivity index (χ2v) is 10.3. The van der Waals surface area contributed by atoms with Crippen LogP contribution in [-0.4, -0.2) is 131 Å². The summed E-state index contributed by atoms with van der Waals surface area (Å²) < 4.78 is 27.3. The summed E-state index contributed by atoms with van der Waals surface area (Å²) in [6.45, 7) is -1.38. The number of hydrogen-bond donors (Lipinski definition) is 11. The molecule has 2 aliphatic rings. The number of phenolic OH excluding ortho intramolecular Hbond substituents is 4. The van der Waals surface area contributed by atoms with Crippen LogP contribution in [0.2, 0.25) is 0 Å². The first kappa shape index (κ1) is 31.7. The summed E-state index contributed by atoms with van der Waals surface area (Å²) in [5.74, 6) is -3.55. The van der Waals surface area contributed by atoms with Crippen molar-refractivity contribution in [2.24, 2.45) is 0 Å². The first-order valence-electron chi connectivity index (χ1n) is 13.2. The number of fused-ring (bicyclic) bond motifs is 1. The van der Waals surface area contributed by atoms with Gasteiger partial charge in [0.05, 0.1) is 13.2 Å². The summed E-state index contributed by atoms with van der Waals surface area (Å²) in [6.07, 6.45) is -17.1. The Hall–Kier alpha value is -3.75. The molecule has 2 aliphatic heterocycles. The van der Waals surface area contributed by atoms with E-state index in [4.69, 9.17) is 23.4 Å². The van der Waals surface area contributed by atoms with Crippen LogP contribution in [0, 0.1) is 0 Å². The summed E-state index contributed by atoms with van der Waals surface area (Å²) in [4.78, 5) is 12.8. The van der Waals surface area contributed by atoms with Gasteiger partial charge in [-0.15, -0.1) is 0 Å². The third kappa shape index (κ3) is 5.73. The first-order chi connectivity index (χ1) is 20.8. The number of ether oxygens (including phenoxy) is 4. The highest BCUT2D eigenvalue weighted by molar-refractivity contribution is 5.89. The van der Waals surface area contributed by atoms with Crippen LogP contribution in [0.15, 0.2) is 39.5 Å². The molecule has 0 spiro atoms. The van der Waals surface area contributed by atoms with E-state index in [0.29, 0.717) is 0 Å². The van der Waals surface area contributed by atoms with Crippen molar-refractivity contribution in [1.82, 2.24) is 0 Å². The van der Waals surface area contributed by atoms with Crippen molar-refractivity contribution in [1.29, 1.82) is 0 Å². The molecule has 17 nitrogen and oxygen atoms in total. The molecule has 17 heteroatoms. The lowest BCUT2D eigenvalue weighted by atomic mass is 9.98. The molecular weight excluding hydrogens is 596 g/mol. The van der Waals surface area contributed by atoms with Gasteiger partial charge < -0.3 is 79.5 Å². The van der Waals surface area contributed by atoms with E-state index >= 15 is 0 Å². The molecule has 0 bridgehead atoms. The van der Waals surface area contributed by atoms with Crippen molar-refractivity contribution >= 4 is 11.0 Å². The molecule has 3 heterocycles. The second-order valence-electron chi connectivity index (χ2n) is 10.3. The smallest absolute Gasteiger partial charge is 0.229 e. The van der Waals surface area contributed by atoms with Gasteiger partial charge >= 0.3 is 0 Å². The van der Waals surface area contributed by atoms with Crippen molar-refractivity contribution < 1.29 is 79.5 Å². The molecule has 0 radical (unpaired) electrons. The average Bonchev–Trinajstić information content (AvgIpc) is 2.99. The summed E-state index contributed by atoms with van der Waals surface area (Å²) in [6, 6.07) is 5.55. The zero-order valence-corrected chi connectivity index (χ0v) is 22.4. The van der Waals surface area contributed by atoms with Crippen LogP contribution < -0.4 is 10.2 Å². The highest BCUT2D eigenvalue weighted by Crippen LogP contribution is 2.43. The molecule has 1 aromatic heterocycles. The summed E-state index contributed by atoms with van der Waals surface area (Å²) in [7, 11) is 0. The molecule has 2 aromatic carbocycles. The minimum atomic E-state index is -1.94. The fourth-order valence-corrected chi connectivity index (χ4v) is 4.85. The van der Waals surface area contributed by atoms with Crippen LogP contribution in [0.1, 0.15) is 0 Å². The number of aliphatic hydroxyl groups excluding tert-OH is 7. The molecule has 10 atom stereocenters. The third-order valence-corrected chi connectivity index (χ3v) is 7.38. The van der Waals surface area contributed by atoms with Gasteiger partial charge in [-0.25, -0.2) is 0 Å². The monoisotopic (exact) mass is 626 g/mol. The van der Waals surface area contributed by atoms with Crippen molar-refractivity contribution in [2.75, 3.05) is 13.2 Å². The lowest BCUT2D eigenvalue weighted by Gasteiger charge is -2.42. The quantitative estimate of drug-likeness (QED) is 0.119. The molecule has 2 fully saturated rings. The third-order valence-electron chi connectivity index (χ3n) is 7.38. The normalized spacial score (nSPS) is 32.5. The van der Waals surface area contributed by atoms with Gasteiger partial charge in [-0.3, -0.25) is 4.79 Å². The van der Waals surface area contributed by atoms with Gasteiger partial charge in [0.1, 0.15) is 65.6 Å². The Morgan fingerprint density at radius 3 is 2.00 bits per heavy atom. The summed E-state index contributed by atoms with van der Waals surface area (Å²) in [5, 5.41) is 111. The largest absolute Gasteiger partial charge is 0.504 e. The van der Waals surface area contributed by atoms with Crippen LogP contribution in [0.5, 0.6) is 28.7 Å². The van der Waals surface area contributed by atoms with E-state index in [1.807, 2.05) is 0 Å². The zero-order valence-electron chi connectivity index (χ0n) is 22.4. The molecular formula is C27H30O17. The molecule has 11 N–H and O–H groups in total. The minimum absolute atomic E-state index is 0.105. The molecule has 0 amide bonds. The highest BCUT2D eigenvalue weighted by atomic mass is 16.7. The van der Waals surface area contributed by atoms with Gasteiger partial charge in [-0.1, -0.05) is 0 Å². The van der Waals surface area contributed by atoms with E-state index in [1.54, 1.807) is 0 Å². The molecule has 0 saturated carbocycles. The fraction of sp³-hybridized carbons (Fsp3) is 0.444. The van der Waals surface area contributed by atoms with Gasteiger partial charge in [0, 0.05) is 17.7 Å². The van der Waals surface area contributed by atoms with Gasteiger partial charge in [0.15, 0.2) is 34.7 Å². The van der Waals surface area contributed by atoms with Crippen molar-refractivity contribution in [3.8, 4) is 40.1 Å². The van der Waals surface area contributed by atoms with Gasteiger partial charge in [0.25, 0.3) is 0 Å². The lowest BCUT2D eigenvalue weighted by Crippen LogP contribution is -2.62. The topological polar surface area (TPSA) is 290 Å². The Balaban J connectivity index is 1.39. The van der Waals surface area contributed by atoms with Gasteiger partial charge in [-0.05, 0) is 18.2 Å². The number of phenols is 4. The van der Waals surface area contributed by atoms with E-state index in [1.165, 1.54) is 6.07 Å². The molecule has 44 heavy (non-hydrogen) atoms. The van der Waals surface area contributed by atoms with E-state index in [0.717, 1.165) is 24.3 Å². The molecule has 3 aromatic rings. The van der Waals surface area contributed by atoms with Crippen LogP contribution in [0.4, 0.5) is 0 Å². The molecule has 240 valence electrons. The Labute approximate surface area is 246 Å². The van der Waals surface area contributed by atoms with Crippen molar-refractivity contribution in [2.45, 2.75) is 61.4 Å². The maximum Gasteiger partial charge on any atom is 0.229 e. The van der Waals surface area contributed by atoms with Gasteiger partial charge in [-0.2, -0.15) is 0 Å². The predicted molar refractivity (Wildman–Crippen MR) is 142 cm³/mol. The molecule has 5 rings (SSSR count). The number of benzene rings is 2. The molecule has 2 saturated heterocycles. The van der Waals surface area contributed by atoms with Crippen molar-refractivity contribution in [3.63, 3.8) is 0 Å². The maximum atomic E-state index is 12.8. The highest BCUT2D eigenvalue weighted by Gasteiger charge is 2.48. The van der Waals surface area contributed by atoms with Crippen LogP contribution in [0.25, 0.3) is 22.3 Å². The summed E-state index contributed by atoms with van der Waals surface area (Å²) in [5.41, 5.74) is -0.954. The van der Waals surface area contributed by atoms with Crippen LogP contribution in [-0.2, 0) is 14.2 Å². The zero-order chi connectivity index (χ0) is 32.0. The van der Waals surface area contributed by atoms with E-state index in [9.17, 15) is 61.0 Å². The minimum Gasteiger partial charge on any atom is -0.504 e. The number of rotatable bonds is 7. The van der Waals surface area contributed by atoms with Crippen LogP contribution >= 0.6 is 0 Å². The predicted octanol–water partition coefficient (Wildman–Crippen LogP) is -2.71. The lowest BCUT2D eigenvalue weighted by molar-refractivity contribution is -0.323. The average molecular weight is 627 g/mol. The fourth-order valence-electron chi connectivity index (χ4n) is 4.85. The SMILES string of the molecule is O=c1cc(-c2ccc(O)c(O)c2)oc2cc(O[C@H]3O[C@@H](CO[C@@H]4O[C@@H](CO)[C@H](O)[C@H](O)[C@H]4O)[C@H](O)[C@H](O)[C@@H]3O)c(O)c(O)c12. The van der Waals surface area contributed by atoms with E-state index in [2.05, 4.69) is 0 Å². The summed E-state index contributed by atoms with van der Waals surface area (Å²) >= 11 is 0. The molecule has 0 aliphatic carbocycles. The van der Waals surface area contributed by atoms with Crippen molar-refractivity contribution in [3.05, 3.63) is 40.6 Å². The Morgan fingerprint density at radius 1 is 0.705 bits per heavy atom. The van der Waals surface area contributed by atoms with E-state index < -0.39 is 114 Å². The second kappa shape index (κ2) is 12.3. The number of aliphatic hydroxyl groups is 7. The Morgan fingerprint density at radius 2 is 1.34 bits per heavy atom. The number of hydrogen-bond acceptors (Lipinski definition) is 17. The van der Waals surface area contributed by atoms with Crippen LogP contribution in [0.3, 0.4) is 0 Å².